The number of carbonyl (C=O) groups excluding carboxylic acids is 1. The number of nitrogens with zero attached hydrogens (tertiary/aromatic N) is 4. The highest BCUT2D eigenvalue weighted by molar-refractivity contribution is 5.97. The molecule has 216 valence electrons. The molecule has 0 saturated heterocycles. The number of hydrazine groups is 1. The van der Waals surface area contributed by atoms with Crippen LogP contribution in [0.3, 0.4) is 0 Å². The number of amides is 1. The molecule has 5 rings (SSSR count). The molecule has 2 aromatic carbocycles. The van der Waals surface area contributed by atoms with Crippen molar-refractivity contribution in [1.82, 2.24) is 25.6 Å². The Morgan fingerprint density at radius 2 is 1.83 bits per heavy atom. The van der Waals surface area contributed by atoms with Crippen LogP contribution >= 0.6 is 0 Å². The minimum absolute atomic E-state index is 0.104. The third kappa shape index (κ3) is 6.14. The van der Waals surface area contributed by atoms with Crippen LogP contribution in [0.5, 0.6) is 0 Å². The predicted molar refractivity (Wildman–Crippen MR) is 154 cm³/mol. The zero-order valence-electron chi connectivity index (χ0n) is 23.4. The van der Waals surface area contributed by atoms with Gasteiger partial charge in [0.15, 0.2) is 17.5 Å². The van der Waals surface area contributed by atoms with Crippen LogP contribution in [0.25, 0.3) is 17.3 Å². The van der Waals surface area contributed by atoms with Gasteiger partial charge in [-0.05, 0) is 81.7 Å². The molecule has 0 unspecified atom stereocenters. The highest BCUT2D eigenvalue weighted by Crippen LogP contribution is 2.39. The summed E-state index contributed by atoms with van der Waals surface area (Å²) in [6.45, 7) is 9.11. The van der Waals surface area contributed by atoms with Crippen LogP contribution in [0.15, 0.2) is 36.5 Å². The Morgan fingerprint density at radius 1 is 1.10 bits per heavy atom. The summed E-state index contributed by atoms with van der Waals surface area (Å²) in [5, 5.41) is 7.33. The van der Waals surface area contributed by atoms with E-state index >= 15 is 4.39 Å². The van der Waals surface area contributed by atoms with Crippen LogP contribution in [0.1, 0.15) is 54.6 Å². The van der Waals surface area contributed by atoms with Crippen molar-refractivity contribution in [2.24, 2.45) is 0 Å². The average Bonchev–Trinajstić information content (AvgIpc) is 3.78. The number of rotatable bonds is 11. The van der Waals surface area contributed by atoms with Crippen molar-refractivity contribution in [2.45, 2.75) is 46.1 Å². The van der Waals surface area contributed by atoms with Crippen LogP contribution in [-0.4, -0.2) is 53.0 Å². The molecule has 2 heterocycles. The minimum atomic E-state index is -0.784. The van der Waals surface area contributed by atoms with E-state index in [2.05, 4.69) is 39.8 Å². The number of fused-ring (bicyclic) bond motifs is 1. The summed E-state index contributed by atoms with van der Waals surface area (Å²) in [6.07, 6.45) is 5.78. The number of para-hydroxylation sites is 1. The average molecular weight is 566 g/mol. The van der Waals surface area contributed by atoms with Gasteiger partial charge in [0.1, 0.15) is 11.5 Å². The molecule has 11 heteroatoms. The Morgan fingerprint density at radius 3 is 2.51 bits per heavy atom. The molecule has 3 aromatic rings. The van der Waals surface area contributed by atoms with E-state index in [4.69, 9.17) is 4.98 Å². The quantitative estimate of drug-likeness (QED) is 0.264. The molecule has 1 aliphatic heterocycles. The van der Waals surface area contributed by atoms with E-state index in [0.29, 0.717) is 23.4 Å². The molecule has 1 fully saturated rings. The third-order valence-electron chi connectivity index (χ3n) is 7.35. The van der Waals surface area contributed by atoms with Crippen LogP contribution in [-0.2, 0) is 0 Å². The van der Waals surface area contributed by atoms with Gasteiger partial charge in [0.2, 0.25) is 5.95 Å². The molecule has 1 saturated carbocycles. The number of hydrogen-bond donors (Lipinski definition) is 3. The van der Waals surface area contributed by atoms with E-state index < -0.39 is 17.5 Å². The van der Waals surface area contributed by atoms with Crippen molar-refractivity contribution in [1.29, 1.82) is 0 Å². The van der Waals surface area contributed by atoms with Gasteiger partial charge < -0.3 is 15.5 Å². The van der Waals surface area contributed by atoms with E-state index in [1.165, 1.54) is 23.3 Å². The maximum absolute atomic E-state index is 15.2. The first-order valence-electron chi connectivity index (χ1n) is 14.0. The normalized spacial score (nSPS) is 14.2. The first-order valence-corrected chi connectivity index (χ1v) is 14.0. The Bertz CT molecular complexity index is 1450. The van der Waals surface area contributed by atoms with E-state index in [1.807, 2.05) is 0 Å². The van der Waals surface area contributed by atoms with Crippen LogP contribution < -0.4 is 21.1 Å². The van der Waals surface area contributed by atoms with Gasteiger partial charge in [0.25, 0.3) is 5.91 Å². The summed E-state index contributed by atoms with van der Waals surface area (Å²) in [4.78, 5) is 24.5. The molecule has 2 aliphatic rings. The molecule has 8 nitrogen and oxygen atoms in total. The topological polar surface area (TPSA) is 85.4 Å². The van der Waals surface area contributed by atoms with Gasteiger partial charge in [-0.1, -0.05) is 19.9 Å². The summed E-state index contributed by atoms with van der Waals surface area (Å²) >= 11 is 0. The molecule has 41 heavy (non-hydrogen) atoms. The van der Waals surface area contributed by atoms with Gasteiger partial charge in [0.05, 0.1) is 5.69 Å². The second-order valence-corrected chi connectivity index (χ2v) is 10.2. The lowest BCUT2D eigenvalue weighted by Crippen LogP contribution is -2.35. The molecule has 1 aliphatic carbocycles. The summed E-state index contributed by atoms with van der Waals surface area (Å²) in [6, 6.07) is 6.53. The van der Waals surface area contributed by atoms with E-state index in [9.17, 15) is 13.6 Å². The summed E-state index contributed by atoms with van der Waals surface area (Å²) in [5.74, 6) is -2.09. The number of aromatic nitrogens is 2. The monoisotopic (exact) mass is 565 g/mol. The van der Waals surface area contributed by atoms with Crippen LogP contribution in [0.2, 0.25) is 0 Å². The fraction of sp³-hybridized carbons (Fsp3) is 0.367. The minimum Gasteiger partial charge on any atom is -0.354 e. The fourth-order valence-electron chi connectivity index (χ4n) is 4.79. The lowest BCUT2D eigenvalue weighted by atomic mass is 9.97. The molecule has 0 atom stereocenters. The molecule has 0 radical (unpaired) electrons. The van der Waals surface area contributed by atoms with E-state index in [1.54, 1.807) is 19.1 Å². The Labute approximate surface area is 237 Å². The van der Waals surface area contributed by atoms with Crippen molar-refractivity contribution < 1.29 is 18.0 Å². The highest BCUT2D eigenvalue weighted by Gasteiger charge is 2.29. The molecule has 1 amide bonds. The second-order valence-electron chi connectivity index (χ2n) is 10.2. The first-order chi connectivity index (χ1) is 19.8. The Balaban J connectivity index is 1.59. The zero-order valence-corrected chi connectivity index (χ0v) is 23.4. The number of carbonyl (C=O) groups is 1. The molecular formula is C30H34F3N7O. The van der Waals surface area contributed by atoms with Crippen molar-refractivity contribution in [3.63, 3.8) is 0 Å². The molecular weight excluding hydrogens is 531 g/mol. The maximum atomic E-state index is 15.2. The van der Waals surface area contributed by atoms with Crippen LogP contribution in [0.4, 0.5) is 30.6 Å². The lowest BCUT2D eigenvalue weighted by molar-refractivity contribution is 0.0950. The first kappa shape index (κ1) is 28.4. The van der Waals surface area contributed by atoms with E-state index in [0.717, 1.165) is 51.0 Å². The van der Waals surface area contributed by atoms with Gasteiger partial charge in [-0.15, -0.1) is 0 Å². The van der Waals surface area contributed by atoms with E-state index in [-0.39, 0.29) is 40.5 Å². The third-order valence-corrected chi connectivity index (χ3v) is 7.35. The van der Waals surface area contributed by atoms with Gasteiger partial charge >= 0.3 is 0 Å². The summed E-state index contributed by atoms with van der Waals surface area (Å²) < 4.78 is 45.0. The molecule has 0 bridgehead atoms. The summed E-state index contributed by atoms with van der Waals surface area (Å²) in [5.41, 5.74) is 4.13. The van der Waals surface area contributed by atoms with Crippen LogP contribution in [0, 0.1) is 24.4 Å². The van der Waals surface area contributed by atoms with Crippen molar-refractivity contribution >= 4 is 29.4 Å². The standard InChI is InChI=1S/C30H34F3N7O/c1-4-39(5-2)15-7-13-34-30-37-26(22-16-19(17-25(33)18(22)3)29(41)36-20-10-11-20)21-12-14-35-40(28(21)38-30)27-23(31)8-6-9-24(27)32/h6,8-9,12,14,16-17,20,35H,4-5,7,10-11,13,15H2,1-3H3,(H,36,41)(H,34,37,38). The largest absolute Gasteiger partial charge is 0.354 e. The molecule has 3 N–H and O–H groups in total. The van der Waals surface area contributed by atoms with Gasteiger partial charge in [-0.25, -0.2) is 23.2 Å². The second kappa shape index (κ2) is 12.2. The van der Waals surface area contributed by atoms with Crippen molar-refractivity contribution in [2.75, 3.05) is 36.5 Å². The number of hydrogen-bond acceptors (Lipinski definition) is 7. The zero-order chi connectivity index (χ0) is 29.1. The van der Waals surface area contributed by atoms with Crippen molar-refractivity contribution in [3.05, 3.63) is 70.7 Å². The predicted octanol–water partition coefficient (Wildman–Crippen LogP) is 5.53. The molecule has 1 aromatic heterocycles. The number of nitrogens with one attached hydrogen (secondary N) is 3. The molecule has 0 spiro atoms. The van der Waals surface area contributed by atoms with Gasteiger partial charge in [-0.3, -0.25) is 10.2 Å². The lowest BCUT2D eigenvalue weighted by Gasteiger charge is -2.30. The Kier molecular flexibility index (Phi) is 8.44. The summed E-state index contributed by atoms with van der Waals surface area (Å²) in [7, 11) is 0. The fourth-order valence-corrected chi connectivity index (χ4v) is 4.79. The number of halogens is 3. The van der Waals surface area contributed by atoms with Crippen molar-refractivity contribution in [3.8, 4) is 11.3 Å². The highest BCUT2D eigenvalue weighted by atomic mass is 19.1. The Hall–Kier alpha value is -4.12. The number of benzene rings is 2. The number of anilines is 3. The maximum Gasteiger partial charge on any atom is 0.251 e. The van der Waals surface area contributed by atoms with Gasteiger partial charge in [0, 0.05) is 35.5 Å². The van der Waals surface area contributed by atoms with Gasteiger partial charge in [-0.2, -0.15) is 4.98 Å². The smallest absolute Gasteiger partial charge is 0.251 e. The SMILES string of the molecule is CCN(CC)CCCNc1nc(-c2cc(C(=O)NC3CC3)cc(F)c2C)c2c(n1)N(c1c(F)cccc1F)NC=C2.